The Hall–Kier alpha value is -3.28. The highest BCUT2D eigenvalue weighted by atomic mass is 35.5. The van der Waals surface area contributed by atoms with Gasteiger partial charge in [-0.05, 0) is 25.1 Å². The lowest BCUT2D eigenvalue weighted by Gasteiger charge is -2.16. The van der Waals surface area contributed by atoms with Gasteiger partial charge in [-0.25, -0.2) is 24.1 Å². The molecule has 3 aromatic rings. The number of benzene rings is 1. The van der Waals surface area contributed by atoms with E-state index in [4.69, 9.17) is 11.6 Å². The van der Waals surface area contributed by atoms with Gasteiger partial charge in [0.2, 0.25) is 0 Å². The van der Waals surface area contributed by atoms with Crippen LogP contribution in [0.1, 0.15) is 24.4 Å². The van der Waals surface area contributed by atoms with Gasteiger partial charge in [-0.15, -0.1) is 0 Å². The number of amides is 2. The molecule has 2 N–H and O–H groups in total. The summed E-state index contributed by atoms with van der Waals surface area (Å²) in [6.45, 7) is 1.54. The smallest absolute Gasteiger partial charge is 0.328 e. The highest BCUT2D eigenvalue weighted by Crippen LogP contribution is 2.35. The van der Waals surface area contributed by atoms with Crippen LogP contribution in [0.4, 0.5) is 28.0 Å². The molecule has 13 heteroatoms. The summed E-state index contributed by atoms with van der Waals surface area (Å²) in [6, 6.07) is 0.738. The molecule has 1 atom stereocenters. The molecule has 0 aliphatic heterocycles. The number of hydrogen-bond acceptors (Lipinski definition) is 5. The van der Waals surface area contributed by atoms with E-state index < -0.39 is 40.3 Å². The number of carbonyl (C=O) groups excluding carboxylic acids is 1. The van der Waals surface area contributed by atoms with E-state index in [1.165, 1.54) is 23.4 Å². The van der Waals surface area contributed by atoms with Gasteiger partial charge in [-0.3, -0.25) is 0 Å². The average molecular weight is 430 g/mol. The van der Waals surface area contributed by atoms with Crippen molar-refractivity contribution in [3.8, 4) is 5.95 Å². The van der Waals surface area contributed by atoms with Crippen LogP contribution in [-0.4, -0.2) is 30.8 Å². The van der Waals surface area contributed by atoms with Crippen LogP contribution in [0.2, 0.25) is 5.02 Å². The standard InChI is InChI=1S/C16H12ClF4N7O/c1-8(13-24-7-25-28(13)14-22-3-2-4-23-14)26-15(29)27-11-6-9(16(19,20)21)5-10(17)12(11)18/h2-8H,1H3,(H2,26,27,29)/t8-/m0/s1. The molecule has 0 saturated carbocycles. The Morgan fingerprint density at radius 2 is 1.90 bits per heavy atom. The van der Waals surface area contributed by atoms with Crippen molar-refractivity contribution >= 4 is 23.3 Å². The number of urea groups is 1. The largest absolute Gasteiger partial charge is 0.416 e. The highest BCUT2D eigenvalue weighted by molar-refractivity contribution is 6.31. The minimum Gasteiger partial charge on any atom is -0.328 e. The summed E-state index contributed by atoms with van der Waals surface area (Å²) in [5.41, 5.74) is -1.92. The van der Waals surface area contributed by atoms with Crippen LogP contribution in [-0.2, 0) is 6.18 Å². The third kappa shape index (κ3) is 4.59. The van der Waals surface area contributed by atoms with Crippen LogP contribution in [0.25, 0.3) is 5.95 Å². The summed E-state index contributed by atoms with van der Waals surface area (Å²) in [6.07, 6.45) is -0.574. The van der Waals surface area contributed by atoms with Crippen molar-refractivity contribution in [2.24, 2.45) is 0 Å². The van der Waals surface area contributed by atoms with Crippen molar-refractivity contribution in [2.75, 3.05) is 5.32 Å². The van der Waals surface area contributed by atoms with E-state index in [9.17, 15) is 22.4 Å². The molecule has 152 valence electrons. The Bertz CT molecular complexity index is 1030. The number of carbonyl (C=O) groups is 1. The van der Waals surface area contributed by atoms with E-state index in [-0.39, 0.29) is 11.8 Å². The first kappa shape index (κ1) is 20.5. The topological polar surface area (TPSA) is 97.6 Å². The quantitative estimate of drug-likeness (QED) is 0.615. The predicted molar refractivity (Wildman–Crippen MR) is 93.9 cm³/mol. The van der Waals surface area contributed by atoms with Crippen LogP contribution in [0.3, 0.4) is 0 Å². The maximum atomic E-state index is 14.0. The third-order valence-corrected chi connectivity index (χ3v) is 3.93. The van der Waals surface area contributed by atoms with E-state index >= 15 is 0 Å². The van der Waals surface area contributed by atoms with Gasteiger partial charge in [0, 0.05) is 12.4 Å². The van der Waals surface area contributed by atoms with Crippen molar-refractivity contribution in [1.29, 1.82) is 0 Å². The molecule has 0 fully saturated rings. The number of aromatic nitrogens is 5. The normalized spacial score (nSPS) is 12.5. The van der Waals surface area contributed by atoms with Gasteiger partial charge in [0.15, 0.2) is 11.6 Å². The molecule has 0 bridgehead atoms. The predicted octanol–water partition coefficient (Wildman–Crippen LogP) is 3.75. The van der Waals surface area contributed by atoms with Gasteiger partial charge in [-0.2, -0.15) is 23.0 Å². The Morgan fingerprint density at radius 3 is 2.55 bits per heavy atom. The van der Waals surface area contributed by atoms with Gasteiger partial charge in [-0.1, -0.05) is 11.6 Å². The first-order chi connectivity index (χ1) is 13.7. The Labute approximate surface area is 165 Å². The molecular formula is C16H12ClF4N7O. The van der Waals surface area contributed by atoms with Gasteiger partial charge in [0.05, 0.1) is 22.3 Å². The maximum absolute atomic E-state index is 14.0. The third-order valence-electron chi connectivity index (χ3n) is 3.65. The van der Waals surface area contributed by atoms with E-state index in [1.807, 2.05) is 5.32 Å². The second-order valence-electron chi connectivity index (χ2n) is 5.72. The molecular weight excluding hydrogens is 418 g/mol. The SMILES string of the molecule is C[C@H](NC(=O)Nc1cc(C(F)(F)F)cc(Cl)c1F)c1ncnn1-c1ncccn1. The van der Waals surface area contributed by atoms with Crippen molar-refractivity contribution in [1.82, 2.24) is 30.0 Å². The average Bonchev–Trinajstić information content (AvgIpc) is 3.15. The maximum Gasteiger partial charge on any atom is 0.416 e. The Balaban J connectivity index is 1.77. The molecule has 0 saturated heterocycles. The molecule has 3 rings (SSSR count). The lowest BCUT2D eigenvalue weighted by molar-refractivity contribution is -0.137. The fraction of sp³-hybridized carbons (Fsp3) is 0.188. The number of nitrogens with one attached hydrogen (secondary N) is 2. The van der Waals surface area contributed by atoms with Gasteiger partial charge in [0.1, 0.15) is 6.33 Å². The minimum absolute atomic E-state index is 0.199. The van der Waals surface area contributed by atoms with Gasteiger partial charge >= 0.3 is 12.2 Å². The number of nitrogens with zero attached hydrogens (tertiary/aromatic N) is 5. The summed E-state index contributed by atoms with van der Waals surface area (Å²) in [5, 5.41) is 7.64. The Kier molecular flexibility index (Phi) is 5.64. The second-order valence-corrected chi connectivity index (χ2v) is 6.12. The number of anilines is 1. The molecule has 0 aliphatic rings. The molecule has 2 heterocycles. The monoisotopic (exact) mass is 429 g/mol. The fourth-order valence-electron chi connectivity index (χ4n) is 2.36. The Morgan fingerprint density at radius 1 is 1.21 bits per heavy atom. The second kappa shape index (κ2) is 7.99. The van der Waals surface area contributed by atoms with Crippen molar-refractivity contribution in [2.45, 2.75) is 19.1 Å². The van der Waals surface area contributed by atoms with Crippen LogP contribution in [0.5, 0.6) is 0 Å². The summed E-state index contributed by atoms with van der Waals surface area (Å²) >= 11 is 5.50. The van der Waals surface area contributed by atoms with Gasteiger partial charge in [0.25, 0.3) is 5.95 Å². The molecule has 2 aromatic heterocycles. The molecule has 0 radical (unpaired) electrons. The zero-order valence-electron chi connectivity index (χ0n) is 14.6. The van der Waals surface area contributed by atoms with E-state index in [1.54, 1.807) is 13.0 Å². The summed E-state index contributed by atoms with van der Waals surface area (Å²) < 4.78 is 54.0. The van der Waals surface area contributed by atoms with E-state index in [0.717, 1.165) is 0 Å². The van der Waals surface area contributed by atoms with Crippen molar-refractivity contribution in [3.05, 3.63) is 59.1 Å². The van der Waals surface area contributed by atoms with Gasteiger partial charge < -0.3 is 10.6 Å². The van der Waals surface area contributed by atoms with Crippen LogP contribution < -0.4 is 10.6 Å². The minimum atomic E-state index is -4.76. The van der Waals surface area contributed by atoms with Crippen LogP contribution in [0, 0.1) is 5.82 Å². The fourth-order valence-corrected chi connectivity index (χ4v) is 2.58. The number of halogens is 5. The summed E-state index contributed by atoms with van der Waals surface area (Å²) in [5.74, 6) is -0.748. The summed E-state index contributed by atoms with van der Waals surface area (Å²) in [4.78, 5) is 24.2. The molecule has 1 aromatic carbocycles. The lowest BCUT2D eigenvalue weighted by Crippen LogP contribution is -2.33. The van der Waals surface area contributed by atoms with Crippen molar-refractivity contribution < 1.29 is 22.4 Å². The number of rotatable bonds is 4. The first-order valence-corrected chi connectivity index (χ1v) is 8.35. The van der Waals surface area contributed by atoms with Crippen LogP contribution in [0.15, 0.2) is 36.9 Å². The summed E-state index contributed by atoms with van der Waals surface area (Å²) in [7, 11) is 0. The molecule has 29 heavy (non-hydrogen) atoms. The van der Waals surface area contributed by atoms with Crippen LogP contribution >= 0.6 is 11.6 Å². The zero-order chi connectivity index (χ0) is 21.2. The molecule has 2 amide bonds. The molecule has 0 spiro atoms. The zero-order valence-corrected chi connectivity index (χ0v) is 15.3. The van der Waals surface area contributed by atoms with Crippen molar-refractivity contribution in [3.63, 3.8) is 0 Å². The number of hydrogen-bond donors (Lipinski definition) is 2. The number of alkyl halides is 3. The first-order valence-electron chi connectivity index (χ1n) is 7.98. The molecule has 0 aliphatic carbocycles. The highest BCUT2D eigenvalue weighted by Gasteiger charge is 2.32. The van der Waals surface area contributed by atoms with E-state index in [2.05, 4.69) is 25.4 Å². The molecule has 0 unspecified atom stereocenters. The lowest BCUT2D eigenvalue weighted by atomic mass is 10.2. The molecule has 8 nitrogen and oxygen atoms in total. The van der Waals surface area contributed by atoms with E-state index in [0.29, 0.717) is 12.1 Å².